The van der Waals surface area contributed by atoms with Crippen molar-refractivity contribution >= 4 is 31.2 Å². The molecule has 0 aromatic carbocycles. The van der Waals surface area contributed by atoms with Crippen LogP contribution in [0.25, 0.3) is 22.3 Å². The van der Waals surface area contributed by atoms with Gasteiger partial charge in [-0.15, -0.1) is 0 Å². The van der Waals surface area contributed by atoms with Crippen LogP contribution in [-0.2, 0) is 33.6 Å². The van der Waals surface area contributed by atoms with Crippen LogP contribution in [0, 0.1) is 11.3 Å². The molecule has 0 fully saturated rings. The summed E-state index contributed by atoms with van der Waals surface area (Å²) in [6, 6.07) is 18.2. The molecule has 4 rings (SSSR count). The maximum atomic E-state index is 9.87. The van der Waals surface area contributed by atoms with Gasteiger partial charge in [0.2, 0.25) is 0 Å². The SMILES string of the molecule is CC#N.C[n+]1ccc(-c2ccncc2)cc1.C[n+]1ccc(-c2ccncc2)cc1.F[P-](F)(F)(F)(F)F.F[P-](F)(F)(F)(F)F.F[P-](F)(F)(F)(F)F.F[P-](F)(F)(F)(F)F.N.N.N.N.O.[Ru+6]. The summed E-state index contributed by atoms with van der Waals surface area (Å²) >= 11 is 0. The molecule has 0 atom stereocenters. The van der Waals surface area contributed by atoms with E-state index in [-0.39, 0.29) is 49.6 Å². The fraction of sp³-hybridized carbons (Fsp3) is 0.125. The molecule has 0 saturated carbocycles. The quantitative estimate of drug-likeness (QED) is 0.0656. The van der Waals surface area contributed by atoms with Crippen LogP contribution in [0.5, 0.6) is 0 Å². The molecule has 0 aliphatic heterocycles. The number of halogens is 24. The number of hydrogen-bond acceptors (Lipinski definition) is 7. The first-order valence-electron chi connectivity index (χ1n) is 13.2. The van der Waals surface area contributed by atoms with E-state index in [1.165, 1.54) is 29.2 Å². The minimum atomic E-state index is -10.7. The predicted molar refractivity (Wildman–Crippen MR) is 191 cm³/mol. The molecule has 63 heavy (non-hydrogen) atoms. The second-order valence-electron chi connectivity index (χ2n) is 10.0. The van der Waals surface area contributed by atoms with Crippen LogP contribution < -0.4 is 33.7 Å². The number of rotatable bonds is 2. The zero-order chi connectivity index (χ0) is 46.5. The van der Waals surface area contributed by atoms with Gasteiger partial charge in [-0.3, -0.25) is 9.97 Å². The summed E-state index contributed by atoms with van der Waals surface area (Å²) in [4.78, 5) is 7.97. The average Bonchev–Trinajstić information content (AvgIpc) is 2.89. The smallest absolute Gasteiger partial charge is 0.412 e. The molecule has 0 amide bonds. The Morgan fingerprint density at radius 2 is 0.492 bits per heavy atom. The van der Waals surface area contributed by atoms with E-state index in [9.17, 15) is 101 Å². The van der Waals surface area contributed by atoms with Gasteiger partial charge in [0.25, 0.3) is 0 Å². The van der Waals surface area contributed by atoms with Gasteiger partial charge in [0.15, 0.2) is 24.8 Å². The summed E-state index contributed by atoms with van der Waals surface area (Å²) < 4.78 is 241. The molecule has 4 aromatic heterocycles. The molecule has 14 N–H and O–H groups in total. The van der Waals surface area contributed by atoms with Gasteiger partial charge in [-0.1, -0.05) is 0 Å². The third-order valence-electron chi connectivity index (χ3n) is 3.98. The zero-order valence-electron chi connectivity index (χ0n) is 31.5. The van der Waals surface area contributed by atoms with Crippen LogP contribution in [-0.4, -0.2) is 15.4 Å². The Kier molecular flexibility index (Phi) is 28.1. The molecule has 4 aromatic rings. The van der Waals surface area contributed by atoms with E-state index in [1.54, 1.807) is 6.07 Å². The molecule has 0 radical (unpaired) electrons. The van der Waals surface area contributed by atoms with Gasteiger partial charge in [0, 0.05) is 56.0 Å². The summed E-state index contributed by atoms with van der Waals surface area (Å²) in [5.74, 6) is 0. The van der Waals surface area contributed by atoms with E-state index >= 15 is 0 Å². The monoisotopic (exact) mass is 1150 g/mol. The van der Waals surface area contributed by atoms with E-state index in [4.69, 9.17) is 5.26 Å². The van der Waals surface area contributed by atoms with Gasteiger partial charge in [-0.25, -0.2) is 9.13 Å². The average molecular weight is 1150 g/mol. The normalized spacial score (nSPS) is 14.5. The Morgan fingerprint density at radius 1 is 0.381 bits per heavy atom. The molecule has 0 bridgehead atoms. The van der Waals surface area contributed by atoms with Gasteiger partial charge < -0.3 is 30.1 Å². The van der Waals surface area contributed by atoms with Crippen molar-refractivity contribution in [2.75, 3.05) is 0 Å². The van der Waals surface area contributed by atoms with Crippen molar-refractivity contribution in [3.05, 3.63) is 98.1 Å². The molecule has 0 saturated heterocycles. The van der Waals surface area contributed by atoms with E-state index in [0.29, 0.717) is 0 Å². The molecular formula is C24H39F24N9OP4Ru+4. The number of aromatic nitrogens is 4. The first-order valence-corrected chi connectivity index (χ1v) is 21.3. The summed E-state index contributed by atoms with van der Waals surface area (Å²) in [5, 5.41) is 7.32. The van der Waals surface area contributed by atoms with Gasteiger partial charge in [-0.2, -0.15) is 5.26 Å². The van der Waals surface area contributed by atoms with Crippen molar-refractivity contribution in [3.8, 4) is 28.3 Å². The maximum absolute atomic E-state index is 10.7. The third kappa shape index (κ3) is 114. The summed E-state index contributed by atoms with van der Waals surface area (Å²) in [5.41, 5.74) is 4.85. The van der Waals surface area contributed by atoms with Crippen LogP contribution >= 0.6 is 31.2 Å². The standard InChI is InChI=1S/2C11H11N2.C2H3N.4F6P.4H3N.H2O.Ru/c2*1-13-8-4-11(5-9-13)10-2-6-12-7-3-10;1-2-3;4*1-7(2,3,4,5)6;;;;;;/h2*2-9H,1H3;1H3;;;;;4*1H3;1H2;/q2*+1;;4*-1;;;;;;+6. The molecule has 10 nitrogen and oxygen atoms in total. The minimum Gasteiger partial charge on any atom is -0.412 e. The minimum absolute atomic E-state index is 0. The number of aryl methyl sites for hydroxylation is 2. The molecule has 39 heteroatoms. The Balaban J connectivity index is -0.0000000788. The molecule has 0 spiro atoms. The topological polar surface area (TPSA) is 229 Å². The first kappa shape index (κ1) is 79.9. The fourth-order valence-electron chi connectivity index (χ4n) is 2.48. The van der Waals surface area contributed by atoms with Crippen LogP contribution in [0.15, 0.2) is 98.1 Å². The van der Waals surface area contributed by atoms with Crippen molar-refractivity contribution in [2.24, 2.45) is 14.1 Å². The first-order chi connectivity index (χ1) is 23.9. The Morgan fingerprint density at radius 3 is 0.619 bits per heavy atom. The van der Waals surface area contributed by atoms with Crippen molar-refractivity contribution < 1.29 is 135 Å². The van der Waals surface area contributed by atoms with Gasteiger partial charge in [0.1, 0.15) is 14.1 Å². The van der Waals surface area contributed by atoms with E-state index in [0.717, 1.165) is 0 Å². The number of pyridine rings is 4. The largest absolute Gasteiger partial charge is 6.00 e. The van der Waals surface area contributed by atoms with Gasteiger partial charge in [0.05, 0.1) is 6.07 Å². The predicted octanol–water partition coefficient (Wildman–Crippen LogP) is 17.0. The molecule has 4 heterocycles. The number of nitriles is 1. The van der Waals surface area contributed by atoms with Crippen LogP contribution in [0.2, 0.25) is 0 Å². The van der Waals surface area contributed by atoms with Crippen molar-refractivity contribution in [1.82, 2.24) is 34.6 Å². The zero-order valence-corrected chi connectivity index (χ0v) is 36.8. The van der Waals surface area contributed by atoms with Crippen LogP contribution in [0.1, 0.15) is 6.92 Å². The van der Waals surface area contributed by atoms with Crippen molar-refractivity contribution in [1.29, 1.82) is 5.26 Å². The molecular weight excluding hydrogens is 1110 g/mol. The second kappa shape index (κ2) is 22.2. The van der Waals surface area contributed by atoms with Crippen molar-refractivity contribution in [2.45, 2.75) is 6.92 Å². The Labute approximate surface area is 353 Å². The Bertz CT molecular complexity index is 1670. The van der Waals surface area contributed by atoms with Crippen LogP contribution in [0.4, 0.5) is 101 Å². The molecule has 0 aliphatic carbocycles. The summed E-state index contributed by atoms with van der Waals surface area (Å²) in [6.45, 7) is 1.43. The number of hydrogen-bond donors (Lipinski definition) is 4. The van der Waals surface area contributed by atoms with E-state index < -0.39 is 31.2 Å². The molecule has 0 unspecified atom stereocenters. The molecule has 378 valence electrons. The summed E-state index contributed by atoms with van der Waals surface area (Å²) in [6.07, 6.45) is 15.4. The molecule has 0 aliphatic rings. The number of nitrogens with zero attached hydrogens (tertiary/aromatic N) is 5. The van der Waals surface area contributed by atoms with Crippen LogP contribution in [0.3, 0.4) is 0 Å². The summed E-state index contributed by atoms with van der Waals surface area (Å²) in [7, 11) is -38.6. The fourth-order valence-corrected chi connectivity index (χ4v) is 2.48. The van der Waals surface area contributed by atoms with E-state index in [1.807, 2.05) is 97.1 Å². The second-order valence-corrected chi connectivity index (χ2v) is 17.7. The Hall–Kier alpha value is -3.45. The van der Waals surface area contributed by atoms with Gasteiger partial charge in [-0.05, 0) is 46.5 Å². The van der Waals surface area contributed by atoms with E-state index in [2.05, 4.69) is 34.2 Å². The maximum Gasteiger partial charge on any atom is 6.00 e. The third-order valence-corrected chi connectivity index (χ3v) is 3.98. The van der Waals surface area contributed by atoms with Gasteiger partial charge >= 0.3 is 151 Å². The van der Waals surface area contributed by atoms with Crippen molar-refractivity contribution in [3.63, 3.8) is 0 Å².